The summed E-state index contributed by atoms with van der Waals surface area (Å²) in [6.45, 7) is 10.3. The molecule has 1 amide bonds. The van der Waals surface area contributed by atoms with Crippen LogP contribution in [0.2, 0.25) is 0 Å². The average Bonchev–Trinajstić information content (AvgIpc) is 2.93. The Morgan fingerprint density at radius 1 is 0.880 bits per heavy atom. The summed E-state index contributed by atoms with van der Waals surface area (Å²) in [5, 5.41) is 3.56. The molecule has 25 heavy (non-hydrogen) atoms. The molecule has 2 aromatic carbocycles. The molecule has 0 atom stereocenters. The number of nitrogens with one attached hydrogen (secondary N) is 1. The first kappa shape index (κ1) is 17.4. The van der Waals surface area contributed by atoms with Gasteiger partial charge >= 0.3 is 0 Å². The van der Waals surface area contributed by atoms with E-state index in [0.717, 1.165) is 21.7 Å². The van der Waals surface area contributed by atoms with E-state index >= 15 is 0 Å². The Morgan fingerprint density at radius 2 is 1.52 bits per heavy atom. The first-order valence-electron chi connectivity index (χ1n) is 8.29. The van der Waals surface area contributed by atoms with Crippen LogP contribution in [0, 0.1) is 34.6 Å². The molecule has 1 N–H and O–H groups in total. The van der Waals surface area contributed by atoms with Crippen molar-refractivity contribution >= 4 is 22.4 Å². The number of aromatic nitrogens is 1. The van der Waals surface area contributed by atoms with Gasteiger partial charge in [0, 0.05) is 16.0 Å². The lowest BCUT2D eigenvalue weighted by Gasteiger charge is -2.05. The van der Waals surface area contributed by atoms with E-state index in [9.17, 15) is 4.79 Å². The second-order valence-electron chi connectivity index (χ2n) is 6.48. The summed E-state index contributed by atoms with van der Waals surface area (Å²) >= 11 is 1.51. The molecule has 128 valence electrons. The number of thiazole rings is 1. The van der Waals surface area contributed by atoms with Gasteiger partial charge in [0.25, 0.3) is 5.91 Å². The van der Waals surface area contributed by atoms with E-state index in [-0.39, 0.29) is 5.91 Å². The largest absolute Gasteiger partial charge is 0.298 e. The Kier molecular flexibility index (Phi) is 4.73. The number of nitrogens with zero attached hydrogens (tertiary/aromatic N) is 1. The monoisotopic (exact) mass is 350 g/mol. The van der Waals surface area contributed by atoms with Crippen LogP contribution in [0.3, 0.4) is 0 Å². The lowest BCUT2D eigenvalue weighted by molar-refractivity contribution is 0.102. The summed E-state index contributed by atoms with van der Waals surface area (Å²) in [4.78, 5) is 18.2. The molecule has 0 aliphatic carbocycles. The number of amides is 1. The first-order valence-corrected chi connectivity index (χ1v) is 9.10. The maximum atomic E-state index is 12.5. The molecule has 0 radical (unpaired) electrons. The van der Waals surface area contributed by atoms with Crippen LogP contribution in [0.1, 0.15) is 37.5 Å². The summed E-state index contributed by atoms with van der Waals surface area (Å²) in [6, 6.07) is 12.1. The second-order valence-corrected chi connectivity index (χ2v) is 7.68. The van der Waals surface area contributed by atoms with E-state index in [2.05, 4.69) is 42.3 Å². The summed E-state index contributed by atoms with van der Waals surface area (Å²) in [5.41, 5.74) is 7.47. The molecule has 3 rings (SSSR count). The Labute approximate surface area is 152 Å². The van der Waals surface area contributed by atoms with Crippen molar-refractivity contribution in [3.63, 3.8) is 0 Å². The Bertz CT molecular complexity index is 957. The third-order valence-electron chi connectivity index (χ3n) is 4.57. The molecule has 0 bridgehead atoms. The van der Waals surface area contributed by atoms with E-state index in [1.807, 2.05) is 39.0 Å². The highest BCUT2D eigenvalue weighted by Gasteiger charge is 2.14. The number of hydrogen-bond acceptors (Lipinski definition) is 3. The average molecular weight is 350 g/mol. The third-order valence-corrected chi connectivity index (χ3v) is 5.45. The van der Waals surface area contributed by atoms with Gasteiger partial charge in [0.1, 0.15) is 0 Å². The fourth-order valence-electron chi connectivity index (χ4n) is 2.66. The van der Waals surface area contributed by atoms with Crippen LogP contribution in [0.5, 0.6) is 0 Å². The lowest BCUT2D eigenvalue weighted by Crippen LogP contribution is -2.12. The molecule has 1 aromatic heterocycles. The second kappa shape index (κ2) is 6.81. The molecule has 0 unspecified atom stereocenters. The van der Waals surface area contributed by atoms with Crippen molar-refractivity contribution in [3.05, 3.63) is 69.1 Å². The SMILES string of the molecule is Cc1ccc(C(=O)Nc2nc(-c3ccc(C)c(C)c3)c(C)s2)cc1C. The van der Waals surface area contributed by atoms with E-state index in [4.69, 9.17) is 0 Å². The van der Waals surface area contributed by atoms with E-state index in [0.29, 0.717) is 10.7 Å². The number of anilines is 1. The van der Waals surface area contributed by atoms with Gasteiger partial charge in [-0.05, 0) is 75.1 Å². The van der Waals surface area contributed by atoms with Gasteiger partial charge in [-0.25, -0.2) is 4.98 Å². The standard InChI is InChI=1S/C21H22N2OS/c1-12-6-8-17(10-14(12)3)19-16(5)25-21(22-19)23-20(24)18-9-7-13(2)15(4)11-18/h6-11H,1-5H3,(H,22,23,24). The molecule has 1 heterocycles. The fourth-order valence-corrected chi connectivity index (χ4v) is 3.49. The van der Waals surface area contributed by atoms with Crippen LogP contribution in [-0.4, -0.2) is 10.9 Å². The highest BCUT2D eigenvalue weighted by atomic mass is 32.1. The lowest BCUT2D eigenvalue weighted by atomic mass is 10.0. The minimum Gasteiger partial charge on any atom is -0.298 e. The van der Waals surface area contributed by atoms with E-state index in [1.54, 1.807) is 0 Å². The van der Waals surface area contributed by atoms with Crippen LogP contribution in [0.15, 0.2) is 36.4 Å². The van der Waals surface area contributed by atoms with Gasteiger partial charge < -0.3 is 0 Å². The van der Waals surface area contributed by atoms with Gasteiger partial charge in [0.05, 0.1) is 5.69 Å². The summed E-state index contributed by atoms with van der Waals surface area (Å²) < 4.78 is 0. The minimum atomic E-state index is -0.122. The molecule has 0 fully saturated rings. The maximum absolute atomic E-state index is 12.5. The zero-order valence-corrected chi connectivity index (χ0v) is 16.0. The number of rotatable bonds is 3. The molecule has 0 aliphatic heterocycles. The molecule has 4 heteroatoms. The summed E-state index contributed by atoms with van der Waals surface area (Å²) in [7, 11) is 0. The maximum Gasteiger partial charge on any atom is 0.257 e. The molecule has 0 spiro atoms. The highest BCUT2D eigenvalue weighted by molar-refractivity contribution is 7.16. The Morgan fingerprint density at radius 3 is 2.16 bits per heavy atom. The normalized spacial score (nSPS) is 10.8. The smallest absolute Gasteiger partial charge is 0.257 e. The van der Waals surface area contributed by atoms with Gasteiger partial charge in [-0.2, -0.15) is 0 Å². The predicted octanol–water partition coefficient (Wildman–Crippen LogP) is 5.60. The fraction of sp³-hybridized carbons (Fsp3) is 0.238. The number of hydrogen-bond donors (Lipinski definition) is 1. The van der Waals surface area contributed by atoms with Crippen LogP contribution >= 0.6 is 11.3 Å². The number of carbonyl (C=O) groups is 1. The number of carbonyl (C=O) groups excluding carboxylic acids is 1. The summed E-state index contributed by atoms with van der Waals surface area (Å²) in [5.74, 6) is -0.122. The minimum absolute atomic E-state index is 0.122. The van der Waals surface area contributed by atoms with Gasteiger partial charge in [-0.15, -0.1) is 11.3 Å². The topological polar surface area (TPSA) is 42.0 Å². The summed E-state index contributed by atoms with van der Waals surface area (Å²) in [6.07, 6.45) is 0. The van der Waals surface area contributed by atoms with Crippen LogP contribution in [0.25, 0.3) is 11.3 Å². The van der Waals surface area contributed by atoms with Crippen molar-refractivity contribution in [2.45, 2.75) is 34.6 Å². The van der Waals surface area contributed by atoms with Crippen LogP contribution < -0.4 is 5.32 Å². The van der Waals surface area contributed by atoms with Crippen molar-refractivity contribution in [2.24, 2.45) is 0 Å². The Balaban J connectivity index is 1.85. The third kappa shape index (κ3) is 3.64. The molecule has 0 saturated heterocycles. The zero-order chi connectivity index (χ0) is 18.1. The van der Waals surface area contributed by atoms with Crippen molar-refractivity contribution in [2.75, 3.05) is 5.32 Å². The highest BCUT2D eigenvalue weighted by Crippen LogP contribution is 2.31. The van der Waals surface area contributed by atoms with Crippen molar-refractivity contribution in [1.82, 2.24) is 4.98 Å². The van der Waals surface area contributed by atoms with Crippen molar-refractivity contribution in [1.29, 1.82) is 0 Å². The predicted molar refractivity (Wildman–Crippen MR) is 106 cm³/mol. The quantitative estimate of drug-likeness (QED) is 0.667. The van der Waals surface area contributed by atoms with Crippen LogP contribution in [0.4, 0.5) is 5.13 Å². The van der Waals surface area contributed by atoms with E-state index in [1.165, 1.54) is 28.0 Å². The van der Waals surface area contributed by atoms with Crippen molar-refractivity contribution < 1.29 is 4.79 Å². The number of aryl methyl sites for hydroxylation is 5. The van der Waals surface area contributed by atoms with Crippen LogP contribution in [-0.2, 0) is 0 Å². The number of benzene rings is 2. The van der Waals surface area contributed by atoms with Gasteiger partial charge in [-0.1, -0.05) is 18.2 Å². The van der Waals surface area contributed by atoms with Gasteiger partial charge in [0.2, 0.25) is 0 Å². The molecule has 3 nitrogen and oxygen atoms in total. The molecule has 0 aliphatic rings. The molecule has 3 aromatic rings. The van der Waals surface area contributed by atoms with Gasteiger partial charge in [0.15, 0.2) is 5.13 Å². The molecular weight excluding hydrogens is 328 g/mol. The molecule has 0 saturated carbocycles. The molecular formula is C21H22N2OS. The van der Waals surface area contributed by atoms with E-state index < -0.39 is 0 Å². The van der Waals surface area contributed by atoms with Gasteiger partial charge in [-0.3, -0.25) is 10.1 Å². The Hall–Kier alpha value is -2.46. The zero-order valence-electron chi connectivity index (χ0n) is 15.2. The van der Waals surface area contributed by atoms with Crippen molar-refractivity contribution in [3.8, 4) is 11.3 Å². The first-order chi connectivity index (χ1) is 11.8.